The highest BCUT2D eigenvalue weighted by Gasteiger charge is 2.23. The fourth-order valence-electron chi connectivity index (χ4n) is 2.27. The molecule has 1 aromatic heterocycles. The molecule has 106 valence electrons. The Hall–Kier alpha value is -3.02. The second kappa shape index (κ2) is 4.82. The molecule has 0 saturated carbocycles. The summed E-state index contributed by atoms with van der Waals surface area (Å²) in [6.45, 7) is 1.80. The predicted molar refractivity (Wildman–Crippen MR) is 77.1 cm³/mol. The van der Waals surface area contributed by atoms with Crippen molar-refractivity contribution in [2.45, 2.75) is 6.92 Å². The van der Waals surface area contributed by atoms with E-state index in [1.165, 1.54) is 0 Å². The number of para-hydroxylation sites is 1. The lowest BCUT2D eigenvalue weighted by molar-refractivity contribution is -0.110. The van der Waals surface area contributed by atoms with Crippen molar-refractivity contribution in [3.05, 3.63) is 47.2 Å². The third-order valence-corrected chi connectivity index (χ3v) is 3.23. The van der Waals surface area contributed by atoms with Crippen molar-refractivity contribution in [1.29, 1.82) is 0 Å². The number of hydrogen-bond acceptors (Lipinski definition) is 3. The number of fused-ring (bicyclic) bond motifs is 1. The summed E-state index contributed by atoms with van der Waals surface area (Å²) in [4.78, 5) is 25.4. The minimum Gasteiger partial charge on any atom is -0.449 e. The Labute approximate surface area is 120 Å². The first-order chi connectivity index (χ1) is 10.0. The molecular weight excluding hydrogens is 272 g/mol. The van der Waals surface area contributed by atoms with Gasteiger partial charge >= 0.3 is 6.16 Å². The molecule has 6 heteroatoms. The van der Waals surface area contributed by atoms with Crippen LogP contribution in [0.1, 0.15) is 16.8 Å². The number of hydrogen-bond donors (Lipinski definition) is 3. The molecule has 6 nitrogen and oxygen atoms in total. The molecule has 3 N–H and O–H groups in total. The van der Waals surface area contributed by atoms with Gasteiger partial charge in [-0.1, -0.05) is 18.2 Å². The van der Waals surface area contributed by atoms with Gasteiger partial charge in [0.25, 0.3) is 5.91 Å². The number of carbonyl (C=O) groups excluding carboxylic acids is 1. The zero-order chi connectivity index (χ0) is 15.0. The molecule has 0 saturated heterocycles. The van der Waals surface area contributed by atoms with Crippen LogP contribution < -0.4 is 10.1 Å². The summed E-state index contributed by atoms with van der Waals surface area (Å²) in [7, 11) is 0. The average Bonchev–Trinajstić information content (AvgIpc) is 2.91. The van der Waals surface area contributed by atoms with Crippen LogP contribution in [0.5, 0.6) is 5.88 Å². The molecule has 1 aliphatic rings. The van der Waals surface area contributed by atoms with Gasteiger partial charge in [0.2, 0.25) is 5.88 Å². The Morgan fingerprint density at radius 3 is 2.86 bits per heavy atom. The van der Waals surface area contributed by atoms with Crippen molar-refractivity contribution < 1.29 is 19.4 Å². The van der Waals surface area contributed by atoms with Gasteiger partial charge in [0.1, 0.15) is 0 Å². The molecule has 0 spiro atoms. The minimum absolute atomic E-state index is 0.124. The van der Waals surface area contributed by atoms with E-state index in [-0.39, 0.29) is 11.8 Å². The second-order valence-electron chi connectivity index (χ2n) is 4.66. The molecule has 1 aromatic carbocycles. The first kappa shape index (κ1) is 13.0. The molecule has 21 heavy (non-hydrogen) atoms. The highest BCUT2D eigenvalue weighted by molar-refractivity contribution is 6.34. The van der Waals surface area contributed by atoms with Crippen molar-refractivity contribution in [1.82, 2.24) is 4.98 Å². The summed E-state index contributed by atoms with van der Waals surface area (Å²) < 4.78 is 4.57. The van der Waals surface area contributed by atoms with E-state index in [0.717, 1.165) is 16.8 Å². The molecule has 2 heterocycles. The van der Waals surface area contributed by atoms with E-state index >= 15 is 0 Å². The van der Waals surface area contributed by atoms with Gasteiger partial charge in [0.15, 0.2) is 0 Å². The van der Waals surface area contributed by atoms with Gasteiger partial charge in [-0.25, -0.2) is 4.79 Å². The fourth-order valence-corrected chi connectivity index (χ4v) is 2.27. The highest BCUT2D eigenvalue weighted by atomic mass is 16.7. The van der Waals surface area contributed by atoms with Gasteiger partial charge in [-0.3, -0.25) is 4.79 Å². The molecule has 0 radical (unpaired) electrons. The lowest BCUT2D eigenvalue weighted by Gasteiger charge is -1.98. The van der Waals surface area contributed by atoms with Crippen LogP contribution in [0.3, 0.4) is 0 Å². The van der Waals surface area contributed by atoms with E-state index in [1.54, 1.807) is 19.1 Å². The molecule has 0 atom stereocenters. The third-order valence-electron chi connectivity index (χ3n) is 3.23. The summed E-state index contributed by atoms with van der Waals surface area (Å²) in [6, 6.07) is 8.95. The number of carbonyl (C=O) groups is 2. The molecule has 0 bridgehead atoms. The topological polar surface area (TPSA) is 91.4 Å². The van der Waals surface area contributed by atoms with Gasteiger partial charge in [0, 0.05) is 23.0 Å². The first-order valence-corrected chi connectivity index (χ1v) is 6.27. The number of carboxylic acid groups (broad SMARTS) is 1. The molecule has 2 aromatic rings. The highest BCUT2D eigenvalue weighted by Crippen LogP contribution is 2.33. The van der Waals surface area contributed by atoms with Gasteiger partial charge in [-0.2, -0.15) is 0 Å². The monoisotopic (exact) mass is 284 g/mol. The molecule has 3 rings (SSSR count). The van der Waals surface area contributed by atoms with Gasteiger partial charge in [-0.05, 0) is 24.6 Å². The van der Waals surface area contributed by atoms with E-state index in [4.69, 9.17) is 5.11 Å². The number of H-pyrrole nitrogens is 1. The Bertz CT molecular complexity index is 774. The summed E-state index contributed by atoms with van der Waals surface area (Å²) >= 11 is 0. The number of ether oxygens (including phenoxy) is 1. The number of benzene rings is 1. The largest absolute Gasteiger partial charge is 0.512 e. The van der Waals surface area contributed by atoms with Crippen LogP contribution in [0.25, 0.3) is 11.6 Å². The minimum atomic E-state index is -1.39. The van der Waals surface area contributed by atoms with E-state index in [0.29, 0.717) is 11.3 Å². The van der Waals surface area contributed by atoms with Crippen molar-refractivity contribution in [2.75, 3.05) is 5.32 Å². The molecular formula is C15H12N2O4. The number of aryl methyl sites for hydroxylation is 1. The number of nitrogens with one attached hydrogen (secondary N) is 2. The van der Waals surface area contributed by atoms with Crippen LogP contribution in [0.15, 0.2) is 30.3 Å². The SMILES string of the molecule is Cc1cc(OC(=O)O)[nH]c1C=C1C(=O)Nc2ccccc21. The Balaban J connectivity index is 2.01. The van der Waals surface area contributed by atoms with Crippen molar-refractivity contribution >= 4 is 29.4 Å². The Kier molecular flexibility index (Phi) is 2.98. The maximum absolute atomic E-state index is 12.0. The molecule has 1 amide bonds. The summed E-state index contributed by atoms with van der Waals surface area (Å²) in [6.07, 6.45) is 0.296. The van der Waals surface area contributed by atoms with Crippen molar-refractivity contribution in [2.24, 2.45) is 0 Å². The van der Waals surface area contributed by atoms with Gasteiger partial charge in [-0.15, -0.1) is 0 Å². The standard InChI is InChI=1S/C15H12N2O4/c1-8-6-13(21-15(19)20)16-12(8)7-10-9-4-2-3-5-11(9)17-14(10)18/h2-7,16H,1H3,(H,17,18)(H,19,20). The maximum atomic E-state index is 12.0. The van der Waals surface area contributed by atoms with E-state index in [1.807, 2.05) is 24.3 Å². The van der Waals surface area contributed by atoms with Crippen LogP contribution in [0, 0.1) is 6.92 Å². The number of rotatable bonds is 2. The number of aromatic nitrogens is 1. The molecule has 0 fully saturated rings. The summed E-state index contributed by atoms with van der Waals surface area (Å²) in [5.74, 6) is -0.0653. The van der Waals surface area contributed by atoms with Crippen LogP contribution in [-0.4, -0.2) is 22.2 Å². The molecule has 1 aliphatic heterocycles. The lowest BCUT2D eigenvalue weighted by atomic mass is 10.1. The van der Waals surface area contributed by atoms with Gasteiger partial charge < -0.3 is 20.1 Å². The fraction of sp³-hybridized carbons (Fsp3) is 0.0667. The number of aromatic amines is 1. The lowest BCUT2D eigenvalue weighted by Crippen LogP contribution is -2.04. The summed E-state index contributed by atoms with van der Waals surface area (Å²) in [5, 5.41) is 11.4. The third kappa shape index (κ3) is 2.38. The van der Waals surface area contributed by atoms with Crippen LogP contribution >= 0.6 is 0 Å². The zero-order valence-electron chi connectivity index (χ0n) is 11.1. The van der Waals surface area contributed by atoms with Crippen LogP contribution in [0.4, 0.5) is 10.5 Å². The normalized spacial score (nSPS) is 14.9. The Morgan fingerprint density at radius 1 is 1.33 bits per heavy atom. The molecule has 0 aliphatic carbocycles. The summed E-state index contributed by atoms with van der Waals surface area (Å²) in [5.41, 5.74) is 3.53. The maximum Gasteiger partial charge on any atom is 0.512 e. The first-order valence-electron chi connectivity index (χ1n) is 6.27. The average molecular weight is 284 g/mol. The quantitative estimate of drug-likeness (QED) is 0.584. The second-order valence-corrected chi connectivity index (χ2v) is 4.66. The van der Waals surface area contributed by atoms with Crippen molar-refractivity contribution in [3.63, 3.8) is 0 Å². The smallest absolute Gasteiger partial charge is 0.449 e. The predicted octanol–water partition coefficient (Wildman–Crippen LogP) is 2.87. The van der Waals surface area contributed by atoms with Crippen LogP contribution in [-0.2, 0) is 4.79 Å². The van der Waals surface area contributed by atoms with E-state index < -0.39 is 6.16 Å². The van der Waals surface area contributed by atoms with E-state index in [9.17, 15) is 9.59 Å². The van der Waals surface area contributed by atoms with Gasteiger partial charge in [0.05, 0.1) is 5.57 Å². The van der Waals surface area contributed by atoms with Crippen LogP contribution in [0.2, 0.25) is 0 Å². The number of anilines is 1. The van der Waals surface area contributed by atoms with E-state index in [2.05, 4.69) is 15.0 Å². The Morgan fingerprint density at radius 2 is 2.10 bits per heavy atom. The number of amides is 1. The molecule has 0 unspecified atom stereocenters. The zero-order valence-corrected chi connectivity index (χ0v) is 11.1. The van der Waals surface area contributed by atoms with Crippen molar-refractivity contribution in [3.8, 4) is 5.88 Å².